The zero-order valence-electron chi connectivity index (χ0n) is 11.1. The van der Waals surface area contributed by atoms with Gasteiger partial charge in [-0.15, -0.1) is 0 Å². The monoisotopic (exact) mass is 264 g/mol. The van der Waals surface area contributed by atoms with Crippen molar-refractivity contribution >= 4 is 27.4 Å². The Morgan fingerprint density at radius 2 is 0.933 bits per heavy atom. The summed E-state index contributed by atoms with van der Waals surface area (Å²) in [5, 5.41) is 0. The fourth-order valence-electron chi connectivity index (χ4n) is 1.62. The van der Waals surface area contributed by atoms with Crippen LogP contribution in [0.5, 0.6) is 0 Å². The van der Waals surface area contributed by atoms with E-state index >= 15 is 0 Å². The summed E-state index contributed by atoms with van der Waals surface area (Å²) in [6.07, 6.45) is 0. The minimum absolute atomic E-state index is 0.890. The van der Waals surface area contributed by atoms with Crippen molar-refractivity contribution in [3.63, 3.8) is 0 Å². The van der Waals surface area contributed by atoms with Crippen LogP contribution in [-0.4, -0.2) is 27.4 Å². The van der Waals surface area contributed by atoms with E-state index in [1.807, 2.05) is 0 Å². The highest BCUT2D eigenvalue weighted by Gasteiger charge is 2.20. The standard InChI is InChI=1S/C10H28O2Si3/c1-6-13(7-2)11-15(10-5)12-14(8-3)9-4/h13-15H,6-10H2,1-5H3. The predicted octanol–water partition coefficient (Wildman–Crippen LogP) is 2.79. The summed E-state index contributed by atoms with van der Waals surface area (Å²) < 4.78 is 12.4. The van der Waals surface area contributed by atoms with Crippen molar-refractivity contribution in [2.24, 2.45) is 0 Å². The van der Waals surface area contributed by atoms with Crippen LogP contribution in [0.4, 0.5) is 0 Å². The van der Waals surface area contributed by atoms with Gasteiger partial charge in [0.1, 0.15) is 0 Å². The molecule has 0 heterocycles. The van der Waals surface area contributed by atoms with E-state index in [2.05, 4.69) is 34.6 Å². The van der Waals surface area contributed by atoms with Crippen LogP contribution in [0.2, 0.25) is 30.2 Å². The van der Waals surface area contributed by atoms with Crippen LogP contribution in [0.3, 0.4) is 0 Å². The fourth-order valence-corrected chi connectivity index (χ4v) is 11.7. The van der Waals surface area contributed by atoms with Crippen LogP contribution in [0, 0.1) is 0 Å². The van der Waals surface area contributed by atoms with Crippen molar-refractivity contribution in [2.45, 2.75) is 64.8 Å². The third kappa shape index (κ3) is 6.68. The summed E-state index contributed by atoms with van der Waals surface area (Å²) in [6, 6.07) is 6.18. The molecule has 0 aromatic heterocycles. The van der Waals surface area contributed by atoms with Gasteiger partial charge in [-0.3, -0.25) is 0 Å². The van der Waals surface area contributed by atoms with Crippen molar-refractivity contribution in [3.05, 3.63) is 0 Å². The second kappa shape index (κ2) is 9.77. The summed E-state index contributed by atoms with van der Waals surface area (Å²) in [5.41, 5.74) is 0. The van der Waals surface area contributed by atoms with Crippen LogP contribution in [0.15, 0.2) is 0 Å². The van der Waals surface area contributed by atoms with Gasteiger partial charge in [0.05, 0.1) is 0 Å². The zero-order valence-corrected chi connectivity index (χ0v) is 14.5. The van der Waals surface area contributed by atoms with E-state index in [0.717, 1.165) is 6.04 Å². The maximum absolute atomic E-state index is 6.22. The fraction of sp³-hybridized carbons (Fsp3) is 1.00. The van der Waals surface area contributed by atoms with Gasteiger partial charge in [-0.05, 0) is 30.2 Å². The van der Waals surface area contributed by atoms with E-state index in [-0.39, 0.29) is 0 Å². The molecule has 0 atom stereocenters. The summed E-state index contributed by atoms with van der Waals surface area (Å²) in [6.45, 7) is 11.3. The number of hydrogen-bond acceptors (Lipinski definition) is 2. The molecule has 0 aliphatic heterocycles. The van der Waals surface area contributed by atoms with Gasteiger partial charge in [0.2, 0.25) is 0 Å². The Bertz CT molecular complexity index is 125. The normalized spacial score (nSPS) is 12.0. The molecule has 0 radical (unpaired) electrons. The molecule has 0 spiro atoms. The predicted molar refractivity (Wildman–Crippen MR) is 76.0 cm³/mol. The van der Waals surface area contributed by atoms with Gasteiger partial charge in [-0.25, -0.2) is 0 Å². The lowest BCUT2D eigenvalue weighted by atomic mass is 11.0. The number of hydrogen-bond donors (Lipinski definition) is 0. The molecule has 0 saturated carbocycles. The van der Waals surface area contributed by atoms with E-state index in [9.17, 15) is 0 Å². The molecule has 0 bridgehead atoms. The van der Waals surface area contributed by atoms with Crippen molar-refractivity contribution in [1.29, 1.82) is 0 Å². The number of rotatable bonds is 9. The molecule has 0 saturated heterocycles. The topological polar surface area (TPSA) is 18.5 Å². The molecule has 0 N–H and O–H groups in total. The molecule has 0 fully saturated rings. The van der Waals surface area contributed by atoms with Gasteiger partial charge in [0, 0.05) is 0 Å². The molecule has 0 aromatic rings. The van der Waals surface area contributed by atoms with E-state index in [4.69, 9.17) is 8.23 Å². The molecule has 0 rings (SSSR count). The van der Waals surface area contributed by atoms with E-state index in [0.29, 0.717) is 0 Å². The maximum atomic E-state index is 6.22. The highest BCUT2D eigenvalue weighted by atomic mass is 28.4. The van der Waals surface area contributed by atoms with Crippen LogP contribution >= 0.6 is 0 Å². The van der Waals surface area contributed by atoms with Crippen molar-refractivity contribution in [1.82, 2.24) is 0 Å². The summed E-state index contributed by atoms with van der Waals surface area (Å²) in [5.74, 6) is 0. The maximum Gasteiger partial charge on any atom is 0.300 e. The van der Waals surface area contributed by atoms with Crippen LogP contribution < -0.4 is 0 Å². The lowest BCUT2D eigenvalue weighted by Crippen LogP contribution is -2.35. The van der Waals surface area contributed by atoms with Crippen LogP contribution in [-0.2, 0) is 8.23 Å². The van der Waals surface area contributed by atoms with Gasteiger partial charge in [-0.1, -0.05) is 34.6 Å². The Morgan fingerprint density at radius 1 is 0.600 bits per heavy atom. The van der Waals surface area contributed by atoms with Crippen LogP contribution in [0.25, 0.3) is 0 Å². The highest BCUT2D eigenvalue weighted by molar-refractivity contribution is 6.68. The first-order valence-corrected chi connectivity index (χ1v) is 12.5. The molecule has 0 aromatic carbocycles. The van der Waals surface area contributed by atoms with E-state index in [1.54, 1.807) is 0 Å². The molecule has 0 unspecified atom stereocenters. The van der Waals surface area contributed by atoms with Crippen molar-refractivity contribution in [2.75, 3.05) is 0 Å². The van der Waals surface area contributed by atoms with E-state index < -0.39 is 27.4 Å². The molecule has 0 aliphatic rings. The molecule has 92 valence electrons. The Kier molecular flexibility index (Phi) is 10.1. The molecular weight excluding hydrogens is 236 g/mol. The SMILES string of the molecule is CC[SiH](CC)O[SiH](CC)O[SiH](CC)CC. The summed E-state index contributed by atoms with van der Waals surface area (Å²) >= 11 is 0. The second-order valence-corrected chi connectivity index (χ2v) is 13.6. The molecule has 2 nitrogen and oxygen atoms in total. The lowest BCUT2D eigenvalue weighted by Gasteiger charge is -2.24. The van der Waals surface area contributed by atoms with Crippen molar-refractivity contribution in [3.8, 4) is 0 Å². The minimum atomic E-state index is -1.28. The average molecular weight is 265 g/mol. The zero-order chi connectivity index (χ0) is 11.7. The Morgan fingerprint density at radius 3 is 1.13 bits per heavy atom. The smallest absolute Gasteiger partial charge is 0.300 e. The Balaban J connectivity index is 4.00. The Labute approximate surface area is 101 Å². The van der Waals surface area contributed by atoms with Gasteiger partial charge in [0.15, 0.2) is 18.1 Å². The van der Waals surface area contributed by atoms with Gasteiger partial charge in [0.25, 0.3) is 9.28 Å². The molecule has 15 heavy (non-hydrogen) atoms. The molecular formula is C10H28O2Si3. The lowest BCUT2D eigenvalue weighted by molar-refractivity contribution is 0.429. The van der Waals surface area contributed by atoms with Gasteiger partial charge in [-0.2, -0.15) is 0 Å². The third-order valence-electron chi connectivity index (χ3n) is 2.84. The first-order valence-electron chi connectivity index (χ1n) is 6.52. The Hall–Kier alpha value is 0.571. The van der Waals surface area contributed by atoms with Gasteiger partial charge < -0.3 is 8.23 Å². The molecule has 0 aliphatic carbocycles. The van der Waals surface area contributed by atoms with Gasteiger partial charge >= 0.3 is 0 Å². The first kappa shape index (κ1) is 15.6. The molecule has 5 heteroatoms. The largest absolute Gasteiger partial charge is 0.441 e. The average Bonchev–Trinajstić information content (AvgIpc) is 2.30. The first-order chi connectivity index (χ1) is 7.21. The second-order valence-electron chi connectivity index (χ2n) is 3.99. The summed E-state index contributed by atoms with van der Waals surface area (Å²) in [7, 11) is -3.06. The van der Waals surface area contributed by atoms with Crippen LogP contribution in [0.1, 0.15) is 34.6 Å². The summed E-state index contributed by atoms with van der Waals surface area (Å²) in [4.78, 5) is 0. The van der Waals surface area contributed by atoms with Crippen molar-refractivity contribution < 1.29 is 8.23 Å². The van der Waals surface area contributed by atoms with E-state index in [1.165, 1.54) is 24.2 Å². The third-order valence-corrected chi connectivity index (χ3v) is 12.7. The highest BCUT2D eigenvalue weighted by Crippen LogP contribution is 2.10. The minimum Gasteiger partial charge on any atom is -0.441 e. The molecule has 0 amide bonds. The quantitative estimate of drug-likeness (QED) is 0.596.